The number of carbonyl (C=O) groups excluding carboxylic acids is 1. The number of thiazole rings is 1. The van der Waals surface area contributed by atoms with Crippen molar-refractivity contribution in [1.29, 1.82) is 0 Å². The zero-order valence-corrected chi connectivity index (χ0v) is 22.5. The van der Waals surface area contributed by atoms with Gasteiger partial charge < -0.3 is 9.47 Å². The fourth-order valence-electron chi connectivity index (χ4n) is 3.43. The van der Waals surface area contributed by atoms with Gasteiger partial charge in [-0.05, 0) is 89.0 Å². The van der Waals surface area contributed by atoms with Gasteiger partial charge in [0, 0.05) is 15.6 Å². The van der Waals surface area contributed by atoms with Crippen LogP contribution in [0, 0.1) is 19.3 Å². The molecule has 0 aliphatic rings. The smallest absolute Gasteiger partial charge is 0.311 e. The molecular weight excluding hydrogens is 486 g/mol. The zero-order valence-electron chi connectivity index (χ0n) is 20.1. The van der Waals surface area contributed by atoms with Crippen molar-refractivity contribution < 1.29 is 14.3 Å². The van der Waals surface area contributed by atoms with Gasteiger partial charge >= 0.3 is 5.97 Å². The molecular formula is C26H32BrNO3S. The number of hydrogen-bond donors (Lipinski definition) is 0. The molecule has 1 atom stereocenters. The highest BCUT2D eigenvalue weighted by molar-refractivity contribution is 9.10. The van der Waals surface area contributed by atoms with E-state index in [1.54, 1.807) is 11.3 Å². The van der Waals surface area contributed by atoms with Crippen molar-refractivity contribution in [2.75, 3.05) is 6.61 Å². The van der Waals surface area contributed by atoms with Crippen molar-refractivity contribution in [2.45, 2.75) is 67.1 Å². The number of rotatable bonds is 5. The highest BCUT2D eigenvalue weighted by Gasteiger charge is 2.30. The Morgan fingerprint density at radius 1 is 1.12 bits per heavy atom. The van der Waals surface area contributed by atoms with Crippen LogP contribution in [0.25, 0.3) is 20.8 Å². The first kappa shape index (κ1) is 24.9. The minimum atomic E-state index is -0.567. The van der Waals surface area contributed by atoms with Crippen LogP contribution >= 0.6 is 27.3 Å². The Bertz CT molecular complexity index is 1140. The summed E-state index contributed by atoms with van der Waals surface area (Å²) < 4.78 is 14.1. The maximum Gasteiger partial charge on any atom is 0.311 e. The van der Waals surface area contributed by atoms with E-state index in [0.29, 0.717) is 0 Å². The molecule has 3 aromatic rings. The predicted molar refractivity (Wildman–Crippen MR) is 136 cm³/mol. The van der Waals surface area contributed by atoms with Crippen molar-refractivity contribution in [3.63, 3.8) is 0 Å². The van der Waals surface area contributed by atoms with E-state index in [1.807, 2.05) is 41.5 Å². The van der Waals surface area contributed by atoms with Gasteiger partial charge in [0.05, 0.1) is 21.2 Å². The number of ether oxygens (including phenoxy) is 2. The van der Waals surface area contributed by atoms with Crippen LogP contribution in [0.1, 0.15) is 64.3 Å². The minimum absolute atomic E-state index is 0.155. The van der Waals surface area contributed by atoms with Gasteiger partial charge in [0.2, 0.25) is 0 Å². The maximum absolute atomic E-state index is 12.4. The lowest BCUT2D eigenvalue weighted by molar-refractivity contribution is -0.162. The van der Waals surface area contributed by atoms with Crippen molar-refractivity contribution in [2.24, 2.45) is 5.41 Å². The van der Waals surface area contributed by atoms with E-state index in [1.165, 1.54) is 5.56 Å². The highest BCUT2D eigenvalue weighted by Crippen LogP contribution is 2.42. The number of halogens is 1. The summed E-state index contributed by atoms with van der Waals surface area (Å²) in [7, 11) is 0. The van der Waals surface area contributed by atoms with Gasteiger partial charge in [0.25, 0.3) is 0 Å². The van der Waals surface area contributed by atoms with E-state index in [-0.39, 0.29) is 12.6 Å². The SMILES string of the molecule is Cc1cccc(-c2nc3cc(C)c([C@@H](COC(=O)C(C)(C)C)OC(C)(C)C)c(Br)c3s2)c1. The Balaban J connectivity index is 2.05. The fraction of sp³-hybridized carbons (Fsp3) is 0.462. The lowest BCUT2D eigenvalue weighted by Gasteiger charge is -2.30. The Kier molecular flexibility index (Phi) is 7.18. The molecule has 0 spiro atoms. The maximum atomic E-state index is 12.4. The van der Waals surface area contributed by atoms with E-state index >= 15 is 0 Å². The van der Waals surface area contributed by atoms with Crippen LogP contribution in [0.4, 0.5) is 0 Å². The van der Waals surface area contributed by atoms with Crippen LogP contribution in [0.3, 0.4) is 0 Å². The van der Waals surface area contributed by atoms with E-state index in [9.17, 15) is 4.79 Å². The second-order valence-corrected chi connectivity index (χ2v) is 12.0. The highest BCUT2D eigenvalue weighted by atomic mass is 79.9. The molecule has 0 radical (unpaired) electrons. The number of aromatic nitrogens is 1. The molecule has 32 heavy (non-hydrogen) atoms. The number of esters is 1. The first-order valence-corrected chi connectivity index (χ1v) is 12.4. The molecule has 3 rings (SSSR count). The summed E-state index contributed by atoms with van der Waals surface area (Å²) in [5.74, 6) is -0.241. The summed E-state index contributed by atoms with van der Waals surface area (Å²) in [6.45, 7) is 15.9. The summed E-state index contributed by atoms with van der Waals surface area (Å²) in [4.78, 5) is 17.3. The zero-order chi connectivity index (χ0) is 23.8. The first-order valence-electron chi connectivity index (χ1n) is 10.8. The Morgan fingerprint density at radius 2 is 1.81 bits per heavy atom. The van der Waals surface area contributed by atoms with E-state index in [0.717, 1.165) is 36.4 Å². The molecule has 0 fully saturated rings. The molecule has 0 saturated heterocycles. The number of nitrogens with zero attached hydrogens (tertiary/aromatic N) is 1. The lowest BCUT2D eigenvalue weighted by atomic mass is 9.97. The monoisotopic (exact) mass is 517 g/mol. The van der Waals surface area contributed by atoms with Gasteiger partial charge in [0.15, 0.2) is 0 Å². The van der Waals surface area contributed by atoms with Crippen LogP contribution in [0.2, 0.25) is 0 Å². The van der Waals surface area contributed by atoms with Gasteiger partial charge in [-0.25, -0.2) is 4.98 Å². The summed E-state index contributed by atoms with van der Waals surface area (Å²) in [5.41, 5.74) is 4.33. The second-order valence-electron chi connectivity index (χ2n) is 10.2. The van der Waals surface area contributed by atoms with Gasteiger partial charge in [0.1, 0.15) is 17.7 Å². The first-order chi connectivity index (χ1) is 14.8. The van der Waals surface area contributed by atoms with Crippen LogP contribution in [-0.2, 0) is 14.3 Å². The third-order valence-electron chi connectivity index (χ3n) is 4.93. The largest absolute Gasteiger partial charge is 0.462 e. The van der Waals surface area contributed by atoms with Crippen LogP contribution in [0.15, 0.2) is 34.8 Å². The predicted octanol–water partition coefficient (Wildman–Crippen LogP) is 7.79. The molecule has 0 unspecified atom stereocenters. The summed E-state index contributed by atoms with van der Waals surface area (Å²) in [5, 5.41) is 0.980. The Labute approximate surface area is 203 Å². The van der Waals surface area contributed by atoms with Gasteiger partial charge in [-0.3, -0.25) is 4.79 Å². The molecule has 0 bridgehead atoms. The molecule has 0 N–H and O–H groups in total. The molecule has 0 aliphatic heterocycles. The molecule has 0 saturated carbocycles. The van der Waals surface area contributed by atoms with Crippen molar-refractivity contribution in [3.05, 3.63) is 51.5 Å². The van der Waals surface area contributed by atoms with Crippen LogP contribution in [0.5, 0.6) is 0 Å². The fourth-order valence-corrected chi connectivity index (χ4v) is 5.44. The molecule has 1 aromatic heterocycles. The number of benzene rings is 2. The molecule has 1 heterocycles. The number of carbonyl (C=O) groups is 1. The quantitative estimate of drug-likeness (QED) is 0.324. The normalized spacial score (nSPS) is 13.4. The minimum Gasteiger partial charge on any atom is -0.462 e. The van der Waals surface area contributed by atoms with E-state index < -0.39 is 17.1 Å². The molecule has 172 valence electrons. The van der Waals surface area contributed by atoms with Crippen molar-refractivity contribution >= 4 is 43.5 Å². The number of hydrogen-bond acceptors (Lipinski definition) is 5. The second kappa shape index (κ2) is 9.24. The average molecular weight is 519 g/mol. The topological polar surface area (TPSA) is 48.4 Å². The molecule has 2 aromatic carbocycles. The summed E-state index contributed by atoms with van der Waals surface area (Å²) in [6, 6.07) is 10.5. The molecule has 4 nitrogen and oxygen atoms in total. The van der Waals surface area contributed by atoms with Crippen molar-refractivity contribution in [3.8, 4) is 10.6 Å². The summed E-state index contributed by atoms with van der Waals surface area (Å²) in [6.07, 6.45) is -0.399. The Hall–Kier alpha value is -1.76. The number of fused-ring (bicyclic) bond motifs is 1. The van der Waals surface area contributed by atoms with Crippen LogP contribution in [-0.4, -0.2) is 23.2 Å². The average Bonchev–Trinajstić information content (AvgIpc) is 3.08. The van der Waals surface area contributed by atoms with Crippen molar-refractivity contribution in [1.82, 2.24) is 4.98 Å². The van der Waals surface area contributed by atoms with Gasteiger partial charge in [-0.15, -0.1) is 11.3 Å². The number of aryl methyl sites for hydroxylation is 2. The summed E-state index contributed by atoms with van der Waals surface area (Å²) >= 11 is 5.49. The van der Waals surface area contributed by atoms with Gasteiger partial charge in [-0.2, -0.15) is 0 Å². The van der Waals surface area contributed by atoms with Gasteiger partial charge in [-0.1, -0.05) is 23.8 Å². The molecule has 6 heteroatoms. The van der Waals surface area contributed by atoms with Crippen LogP contribution < -0.4 is 0 Å². The lowest BCUT2D eigenvalue weighted by Crippen LogP contribution is -2.29. The third-order valence-corrected chi connectivity index (χ3v) is 7.15. The van der Waals surface area contributed by atoms with E-state index in [2.05, 4.69) is 60.1 Å². The molecule has 0 amide bonds. The molecule has 0 aliphatic carbocycles. The standard InChI is InChI=1S/C26H32BrNO3S/c1-15-10-9-11-17(12-15)23-28-18-13-16(2)20(21(27)22(18)32-23)19(31-26(6,7)8)14-30-24(29)25(3,4)5/h9-13,19H,14H2,1-8H3/t19-/m1/s1. The van der Waals surface area contributed by atoms with E-state index in [4.69, 9.17) is 14.5 Å². The third kappa shape index (κ3) is 5.77. The Morgan fingerprint density at radius 3 is 2.41 bits per heavy atom.